The van der Waals surface area contributed by atoms with E-state index >= 15 is 0 Å². The topological polar surface area (TPSA) is 12.5 Å². The molecule has 0 aliphatic heterocycles. The Bertz CT molecular complexity index is 697. The Morgan fingerprint density at radius 1 is 0.971 bits per heavy atom. The van der Waals surface area contributed by atoms with Crippen LogP contribution in [-0.4, -0.2) is 38.3 Å². The maximum atomic E-state index is 6.37. The van der Waals surface area contributed by atoms with Gasteiger partial charge < -0.3 is 9.64 Å². The highest BCUT2D eigenvalue weighted by molar-refractivity contribution is 5.25. The first-order valence-corrected chi connectivity index (χ1v) is 15.1. The van der Waals surface area contributed by atoms with Crippen molar-refractivity contribution in [1.82, 2.24) is 4.90 Å². The van der Waals surface area contributed by atoms with Crippen molar-refractivity contribution in [3.63, 3.8) is 0 Å². The van der Waals surface area contributed by atoms with Gasteiger partial charge in [-0.3, -0.25) is 0 Å². The molecule has 4 aliphatic carbocycles. The minimum absolute atomic E-state index is 0.453. The Kier molecular flexibility index (Phi) is 8.61. The molecule has 0 unspecified atom stereocenters. The van der Waals surface area contributed by atoms with Crippen molar-refractivity contribution in [3.8, 4) is 0 Å². The van der Waals surface area contributed by atoms with Gasteiger partial charge in [0.15, 0.2) is 0 Å². The molecule has 3 fully saturated rings. The molecule has 4 rings (SSSR count). The molecule has 0 saturated heterocycles. The Balaban J connectivity index is 1.38. The van der Waals surface area contributed by atoms with Crippen LogP contribution < -0.4 is 0 Å². The van der Waals surface area contributed by atoms with Gasteiger partial charge in [0.05, 0.1) is 6.10 Å². The van der Waals surface area contributed by atoms with Gasteiger partial charge in [-0.25, -0.2) is 0 Å². The van der Waals surface area contributed by atoms with Crippen LogP contribution in [0.1, 0.15) is 112 Å². The third-order valence-electron chi connectivity index (χ3n) is 11.4. The van der Waals surface area contributed by atoms with Gasteiger partial charge in [0.25, 0.3) is 0 Å². The van der Waals surface area contributed by atoms with Crippen molar-refractivity contribution >= 4 is 0 Å². The van der Waals surface area contributed by atoms with Crippen molar-refractivity contribution in [3.05, 3.63) is 11.6 Å². The lowest BCUT2D eigenvalue weighted by atomic mass is 9.47. The molecule has 3 saturated carbocycles. The van der Waals surface area contributed by atoms with E-state index in [1.807, 2.05) is 0 Å². The first kappa shape index (κ1) is 26.7. The van der Waals surface area contributed by atoms with E-state index in [4.69, 9.17) is 4.74 Å². The van der Waals surface area contributed by atoms with Crippen LogP contribution in [0.2, 0.25) is 0 Å². The minimum atomic E-state index is 0.453. The molecule has 0 N–H and O–H groups in total. The second-order valence-corrected chi connectivity index (χ2v) is 14.2. The maximum Gasteiger partial charge on any atom is 0.0612 e. The monoisotopic (exact) mass is 471 g/mol. The highest BCUT2D eigenvalue weighted by Gasteiger charge is 2.59. The Morgan fingerprint density at radius 2 is 1.76 bits per heavy atom. The van der Waals surface area contributed by atoms with E-state index < -0.39 is 0 Å². The van der Waals surface area contributed by atoms with Gasteiger partial charge in [-0.05, 0) is 125 Å². The summed E-state index contributed by atoms with van der Waals surface area (Å²) in [5.74, 6) is 5.58. The molecule has 0 aromatic rings. The van der Waals surface area contributed by atoms with Gasteiger partial charge in [-0.2, -0.15) is 0 Å². The smallest absolute Gasteiger partial charge is 0.0612 e. The summed E-state index contributed by atoms with van der Waals surface area (Å²) in [5.41, 5.74) is 2.83. The van der Waals surface area contributed by atoms with Crippen LogP contribution in [0, 0.1) is 46.3 Å². The van der Waals surface area contributed by atoms with Gasteiger partial charge in [0.1, 0.15) is 0 Å². The molecule has 0 spiro atoms. The Morgan fingerprint density at radius 3 is 2.50 bits per heavy atom. The maximum absolute atomic E-state index is 6.37. The number of fused-ring (bicyclic) bond motifs is 5. The van der Waals surface area contributed by atoms with Gasteiger partial charge in [0, 0.05) is 6.61 Å². The van der Waals surface area contributed by atoms with Gasteiger partial charge in [0.2, 0.25) is 0 Å². The van der Waals surface area contributed by atoms with Crippen LogP contribution in [0.25, 0.3) is 0 Å². The number of rotatable bonds is 10. The van der Waals surface area contributed by atoms with Gasteiger partial charge in [-0.15, -0.1) is 0 Å². The summed E-state index contributed by atoms with van der Waals surface area (Å²) in [4.78, 5) is 2.27. The zero-order valence-electron chi connectivity index (χ0n) is 23.9. The van der Waals surface area contributed by atoms with Crippen molar-refractivity contribution in [2.75, 3.05) is 27.2 Å². The van der Waals surface area contributed by atoms with Crippen molar-refractivity contribution in [2.24, 2.45) is 46.3 Å². The summed E-state index contributed by atoms with van der Waals surface area (Å²) in [6.45, 7) is 14.8. The fraction of sp³-hybridized carbons (Fsp3) is 0.938. The lowest BCUT2D eigenvalue weighted by Crippen LogP contribution is -2.51. The molecule has 8 atom stereocenters. The summed E-state index contributed by atoms with van der Waals surface area (Å²) in [6.07, 6.45) is 19.8. The molecule has 2 heteroatoms. The molecule has 34 heavy (non-hydrogen) atoms. The van der Waals surface area contributed by atoms with Crippen molar-refractivity contribution < 1.29 is 4.74 Å². The van der Waals surface area contributed by atoms with E-state index in [2.05, 4.69) is 59.7 Å². The number of nitrogens with zero attached hydrogens (tertiary/aromatic N) is 1. The average molecular weight is 472 g/mol. The average Bonchev–Trinajstić information content (AvgIpc) is 3.13. The molecule has 0 aromatic carbocycles. The zero-order chi connectivity index (χ0) is 24.5. The molecule has 0 aromatic heterocycles. The van der Waals surface area contributed by atoms with E-state index in [0.29, 0.717) is 16.9 Å². The summed E-state index contributed by atoms with van der Waals surface area (Å²) in [6, 6.07) is 0. The third-order valence-corrected chi connectivity index (χ3v) is 11.4. The summed E-state index contributed by atoms with van der Waals surface area (Å²) >= 11 is 0. The third kappa shape index (κ3) is 5.34. The quantitative estimate of drug-likeness (QED) is 0.234. The normalized spacial score (nSPS) is 40.6. The van der Waals surface area contributed by atoms with Crippen molar-refractivity contribution in [2.45, 2.75) is 118 Å². The second-order valence-electron chi connectivity index (χ2n) is 14.2. The first-order chi connectivity index (χ1) is 16.1. The number of hydrogen-bond acceptors (Lipinski definition) is 2. The number of hydrogen-bond donors (Lipinski definition) is 0. The molecular weight excluding hydrogens is 414 g/mol. The molecule has 0 bridgehead atoms. The van der Waals surface area contributed by atoms with Gasteiger partial charge >= 0.3 is 0 Å². The molecule has 0 heterocycles. The Labute approximate surface area is 212 Å². The predicted molar refractivity (Wildman–Crippen MR) is 146 cm³/mol. The highest BCUT2D eigenvalue weighted by Crippen LogP contribution is 2.67. The summed E-state index contributed by atoms with van der Waals surface area (Å²) in [5, 5.41) is 0. The fourth-order valence-electron chi connectivity index (χ4n) is 9.43. The van der Waals surface area contributed by atoms with E-state index in [0.717, 1.165) is 55.1 Å². The Hall–Kier alpha value is -0.340. The van der Waals surface area contributed by atoms with E-state index in [-0.39, 0.29) is 0 Å². The number of allylic oxidation sites excluding steroid dienone is 1. The minimum Gasteiger partial charge on any atom is -0.378 e. The lowest BCUT2D eigenvalue weighted by molar-refractivity contribution is -0.0642. The van der Waals surface area contributed by atoms with E-state index in [1.165, 1.54) is 70.6 Å². The molecule has 4 aliphatic rings. The molecular formula is C32H57NO. The largest absolute Gasteiger partial charge is 0.378 e. The van der Waals surface area contributed by atoms with Crippen LogP contribution in [0.15, 0.2) is 11.6 Å². The van der Waals surface area contributed by atoms with Crippen molar-refractivity contribution in [1.29, 1.82) is 0 Å². The lowest BCUT2D eigenvalue weighted by Gasteiger charge is -2.58. The van der Waals surface area contributed by atoms with Crippen LogP contribution in [0.4, 0.5) is 0 Å². The summed E-state index contributed by atoms with van der Waals surface area (Å²) < 4.78 is 6.37. The van der Waals surface area contributed by atoms with Crippen LogP contribution in [0.5, 0.6) is 0 Å². The SMILES string of the molecule is CC(C)CCC[C@@H](C)[C@H]1CC[C@H]2[C@@H]3CC=C4C[C@@H](OCCCN(C)C)CC[C@]4(C)[C@H]3CC[C@]12C. The number of ether oxygens (including phenoxy) is 1. The van der Waals surface area contributed by atoms with Crippen LogP contribution in [-0.2, 0) is 4.74 Å². The molecule has 0 amide bonds. The van der Waals surface area contributed by atoms with E-state index in [1.54, 1.807) is 5.57 Å². The standard InChI is InChI=1S/C32H57NO/c1-23(2)10-8-11-24(3)28-14-15-29-27-13-12-25-22-26(34-21-9-20-33(6)7)16-18-31(25,4)30(27)17-19-32(28,29)5/h12,23-24,26-30H,8-11,13-22H2,1-7H3/t24-,26+,27+,28-,29+,30+,31+,32-/m1/s1. The van der Waals surface area contributed by atoms with Gasteiger partial charge in [-0.1, -0.05) is 65.5 Å². The first-order valence-electron chi connectivity index (χ1n) is 15.1. The zero-order valence-corrected chi connectivity index (χ0v) is 23.9. The van der Waals surface area contributed by atoms with Crippen LogP contribution >= 0.6 is 0 Å². The fourth-order valence-corrected chi connectivity index (χ4v) is 9.43. The highest BCUT2D eigenvalue weighted by atomic mass is 16.5. The van der Waals surface area contributed by atoms with Crippen LogP contribution in [0.3, 0.4) is 0 Å². The summed E-state index contributed by atoms with van der Waals surface area (Å²) in [7, 11) is 4.31. The molecule has 0 radical (unpaired) electrons. The molecule has 196 valence electrons. The second kappa shape index (κ2) is 11.0. The predicted octanol–water partition coefficient (Wildman–Crippen LogP) is 8.36. The van der Waals surface area contributed by atoms with E-state index in [9.17, 15) is 0 Å². The molecule has 2 nitrogen and oxygen atoms in total.